The maximum atomic E-state index is 12.6. The number of Topliss-reactive ketones (excluding diaryl/α,β-unsaturated/α-hetero) is 1. The van der Waals surface area contributed by atoms with Crippen molar-refractivity contribution in [3.05, 3.63) is 96.1 Å². The number of rotatable bonds is 5. The van der Waals surface area contributed by atoms with Crippen LogP contribution in [0, 0.1) is 5.41 Å². The molecule has 0 unspecified atom stereocenters. The van der Waals surface area contributed by atoms with Crippen LogP contribution in [0.1, 0.15) is 24.0 Å². The predicted molar refractivity (Wildman–Crippen MR) is 96.8 cm³/mol. The van der Waals surface area contributed by atoms with Gasteiger partial charge in [-0.05, 0) is 18.1 Å². The van der Waals surface area contributed by atoms with Gasteiger partial charge in [0.1, 0.15) is 6.61 Å². The Hall–Kier alpha value is -2.94. The first-order valence-electron chi connectivity index (χ1n) is 8.28. The SMILES string of the molecule is CC(=O)C1(C(=O)OCc2ccccc2)C=CC(c2ccccc2)C=C1. The second-order valence-corrected chi connectivity index (χ2v) is 6.14. The van der Waals surface area contributed by atoms with Crippen molar-refractivity contribution in [1.29, 1.82) is 0 Å². The van der Waals surface area contributed by atoms with Crippen LogP contribution in [0.25, 0.3) is 0 Å². The first kappa shape index (κ1) is 16.9. The van der Waals surface area contributed by atoms with E-state index in [1.807, 2.05) is 72.8 Å². The Labute approximate surface area is 147 Å². The van der Waals surface area contributed by atoms with E-state index in [4.69, 9.17) is 4.74 Å². The van der Waals surface area contributed by atoms with Crippen molar-refractivity contribution in [2.75, 3.05) is 0 Å². The lowest BCUT2D eigenvalue weighted by atomic mass is 9.77. The second kappa shape index (κ2) is 7.31. The van der Waals surface area contributed by atoms with Gasteiger partial charge in [0.2, 0.25) is 0 Å². The molecule has 3 heteroatoms. The van der Waals surface area contributed by atoms with E-state index >= 15 is 0 Å². The minimum atomic E-state index is -1.33. The van der Waals surface area contributed by atoms with E-state index in [2.05, 4.69) is 0 Å². The molecule has 0 N–H and O–H groups in total. The van der Waals surface area contributed by atoms with Crippen LogP contribution < -0.4 is 0 Å². The molecule has 0 amide bonds. The van der Waals surface area contributed by atoms with Crippen molar-refractivity contribution in [3.63, 3.8) is 0 Å². The fraction of sp³-hybridized carbons (Fsp3) is 0.182. The molecule has 1 aliphatic carbocycles. The van der Waals surface area contributed by atoms with Crippen LogP contribution in [0.4, 0.5) is 0 Å². The lowest BCUT2D eigenvalue weighted by molar-refractivity contribution is -0.155. The van der Waals surface area contributed by atoms with Gasteiger partial charge in [-0.25, -0.2) is 0 Å². The molecule has 0 spiro atoms. The number of hydrogen-bond acceptors (Lipinski definition) is 3. The van der Waals surface area contributed by atoms with E-state index in [0.29, 0.717) is 0 Å². The molecule has 0 radical (unpaired) electrons. The number of hydrogen-bond donors (Lipinski definition) is 0. The average molecular weight is 332 g/mol. The third-order valence-electron chi connectivity index (χ3n) is 4.45. The zero-order valence-corrected chi connectivity index (χ0v) is 14.1. The van der Waals surface area contributed by atoms with Crippen molar-refractivity contribution in [2.24, 2.45) is 5.41 Å². The third kappa shape index (κ3) is 3.61. The van der Waals surface area contributed by atoms with Crippen LogP contribution in [0.5, 0.6) is 0 Å². The largest absolute Gasteiger partial charge is 0.460 e. The van der Waals surface area contributed by atoms with Crippen LogP contribution in [0.2, 0.25) is 0 Å². The molecule has 25 heavy (non-hydrogen) atoms. The Balaban J connectivity index is 1.76. The highest BCUT2D eigenvalue weighted by molar-refractivity contribution is 6.07. The third-order valence-corrected chi connectivity index (χ3v) is 4.45. The number of allylic oxidation sites excluding steroid dienone is 2. The van der Waals surface area contributed by atoms with E-state index in [0.717, 1.165) is 11.1 Å². The van der Waals surface area contributed by atoms with Gasteiger partial charge in [-0.2, -0.15) is 0 Å². The number of carbonyl (C=O) groups is 2. The van der Waals surface area contributed by atoms with E-state index in [-0.39, 0.29) is 18.3 Å². The molecule has 0 atom stereocenters. The number of esters is 1. The zero-order valence-electron chi connectivity index (χ0n) is 14.1. The van der Waals surface area contributed by atoms with Crippen molar-refractivity contribution >= 4 is 11.8 Å². The molecule has 0 fully saturated rings. The Morgan fingerprint density at radius 1 is 0.920 bits per heavy atom. The highest BCUT2D eigenvalue weighted by Gasteiger charge is 2.41. The predicted octanol–water partition coefficient (Wildman–Crippen LogP) is 4.22. The molecule has 3 rings (SSSR count). The zero-order chi connectivity index (χ0) is 17.7. The Morgan fingerprint density at radius 3 is 2.04 bits per heavy atom. The maximum absolute atomic E-state index is 12.6. The summed E-state index contributed by atoms with van der Waals surface area (Å²) in [6.45, 7) is 1.57. The number of carbonyl (C=O) groups excluding carboxylic acids is 2. The molecular weight excluding hydrogens is 312 g/mol. The van der Waals surface area contributed by atoms with Gasteiger partial charge in [0.25, 0.3) is 0 Å². The number of ketones is 1. The van der Waals surface area contributed by atoms with Crippen LogP contribution in [-0.4, -0.2) is 11.8 Å². The lowest BCUT2D eigenvalue weighted by Gasteiger charge is -2.26. The molecule has 0 saturated heterocycles. The molecule has 1 aliphatic rings. The van der Waals surface area contributed by atoms with Crippen LogP contribution >= 0.6 is 0 Å². The van der Waals surface area contributed by atoms with Gasteiger partial charge in [0.15, 0.2) is 11.2 Å². The molecule has 126 valence electrons. The molecule has 2 aromatic carbocycles. The lowest BCUT2D eigenvalue weighted by Crippen LogP contribution is -2.37. The molecule has 0 aliphatic heterocycles. The molecule has 2 aromatic rings. The summed E-state index contributed by atoms with van der Waals surface area (Å²) in [4.78, 5) is 24.8. The number of ether oxygens (including phenoxy) is 1. The minimum Gasteiger partial charge on any atom is -0.460 e. The van der Waals surface area contributed by atoms with Crippen LogP contribution in [0.3, 0.4) is 0 Å². The highest BCUT2D eigenvalue weighted by atomic mass is 16.5. The summed E-state index contributed by atoms with van der Waals surface area (Å²) >= 11 is 0. The summed E-state index contributed by atoms with van der Waals surface area (Å²) in [6, 6.07) is 19.4. The van der Waals surface area contributed by atoms with E-state index < -0.39 is 11.4 Å². The topological polar surface area (TPSA) is 43.4 Å². The average Bonchev–Trinajstić information content (AvgIpc) is 2.67. The van der Waals surface area contributed by atoms with Gasteiger partial charge in [0, 0.05) is 5.92 Å². The van der Waals surface area contributed by atoms with Crippen molar-refractivity contribution in [3.8, 4) is 0 Å². The molecule has 0 bridgehead atoms. The highest BCUT2D eigenvalue weighted by Crippen LogP contribution is 2.34. The molecular formula is C22H20O3. The normalized spacial score (nSPS) is 21.7. The maximum Gasteiger partial charge on any atom is 0.327 e. The Morgan fingerprint density at radius 2 is 1.48 bits per heavy atom. The molecule has 3 nitrogen and oxygen atoms in total. The fourth-order valence-corrected chi connectivity index (χ4v) is 2.89. The summed E-state index contributed by atoms with van der Waals surface area (Å²) in [5, 5.41) is 0. The first-order valence-corrected chi connectivity index (χ1v) is 8.28. The van der Waals surface area contributed by atoms with Crippen molar-refractivity contribution < 1.29 is 14.3 Å². The quantitative estimate of drug-likeness (QED) is 0.468. The summed E-state index contributed by atoms with van der Waals surface area (Å²) < 4.78 is 5.41. The summed E-state index contributed by atoms with van der Waals surface area (Å²) in [6.07, 6.45) is 7.11. The summed E-state index contributed by atoms with van der Waals surface area (Å²) in [7, 11) is 0. The minimum absolute atomic E-state index is 0.0515. The number of benzene rings is 2. The van der Waals surface area contributed by atoms with Crippen LogP contribution in [0.15, 0.2) is 85.0 Å². The van der Waals surface area contributed by atoms with E-state index in [9.17, 15) is 9.59 Å². The van der Waals surface area contributed by atoms with Gasteiger partial charge in [-0.1, -0.05) is 85.0 Å². The Bertz CT molecular complexity index is 790. The van der Waals surface area contributed by atoms with Crippen LogP contribution in [-0.2, 0) is 20.9 Å². The Kier molecular flexibility index (Phi) is 4.94. The van der Waals surface area contributed by atoms with Gasteiger partial charge >= 0.3 is 5.97 Å². The van der Waals surface area contributed by atoms with E-state index in [1.54, 1.807) is 12.2 Å². The first-order chi connectivity index (χ1) is 12.1. The molecule has 0 saturated carbocycles. The van der Waals surface area contributed by atoms with Gasteiger partial charge in [-0.3, -0.25) is 9.59 Å². The molecule has 0 heterocycles. The molecule has 0 aromatic heterocycles. The van der Waals surface area contributed by atoms with Gasteiger partial charge < -0.3 is 4.74 Å². The van der Waals surface area contributed by atoms with Gasteiger partial charge in [-0.15, -0.1) is 0 Å². The van der Waals surface area contributed by atoms with E-state index in [1.165, 1.54) is 6.92 Å². The fourth-order valence-electron chi connectivity index (χ4n) is 2.89. The summed E-state index contributed by atoms with van der Waals surface area (Å²) in [5.74, 6) is -0.733. The van der Waals surface area contributed by atoms with Gasteiger partial charge in [0.05, 0.1) is 0 Å². The standard InChI is InChI=1S/C22H20O3/c1-17(23)22(21(24)25-16-18-8-4-2-5-9-18)14-12-20(13-15-22)19-10-6-3-7-11-19/h2-15,20H,16H2,1H3. The smallest absolute Gasteiger partial charge is 0.327 e. The van der Waals surface area contributed by atoms with Crippen molar-refractivity contribution in [2.45, 2.75) is 19.4 Å². The monoisotopic (exact) mass is 332 g/mol. The van der Waals surface area contributed by atoms with Crippen molar-refractivity contribution in [1.82, 2.24) is 0 Å². The summed E-state index contributed by atoms with van der Waals surface area (Å²) in [5.41, 5.74) is 0.672. The second-order valence-electron chi connectivity index (χ2n) is 6.14.